The van der Waals surface area contributed by atoms with E-state index in [2.05, 4.69) is 22.2 Å². The molecule has 1 aromatic heterocycles. The maximum absolute atomic E-state index is 10.7. The minimum Gasteiger partial charge on any atom is -0.238 e. The van der Waals surface area contributed by atoms with Crippen LogP contribution in [-0.4, -0.2) is 9.97 Å². The lowest BCUT2D eigenvalue weighted by Gasteiger charge is -1.99. The van der Waals surface area contributed by atoms with Gasteiger partial charge in [-0.05, 0) is 17.9 Å². The van der Waals surface area contributed by atoms with Crippen LogP contribution in [0.25, 0.3) is 0 Å². The second-order valence-electron chi connectivity index (χ2n) is 2.84. The summed E-state index contributed by atoms with van der Waals surface area (Å²) in [4.78, 5) is 8.32. The first-order valence-corrected chi connectivity index (χ1v) is 6.63. The van der Waals surface area contributed by atoms with Crippen molar-refractivity contribution >= 4 is 19.5 Å². The van der Waals surface area contributed by atoms with Crippen LogP contribution in [-0.2, 0) is 11.0 Å². The molecule has 0 aromatic carbocycles. The molecule has 14 heavy (non-hydrogen) atoms. The van der Waals surface area contributed by atoms with E-state index < -0.39 is 7.23 Å². The van der Waals surface area contributed by atoms with Gasteiger partial charge in [0.05, 0.1) is 0 Å². The van der Waals surface area contributed by atoms with Gasteiger partial charge in [0.15, 0.2) is 12.2 Å². The van der Waals surface area contributed by atoms with Gasteiger partial charge in [-0.2, -0.15) is 4.98 Å². The summed E-state index contributed by atoms with van der Waals surface area (Å²) in [6.45, 7) is 3.89. The van der Waals surface area contributed by atoms with Gasteiger partial charge in [-0.15, -0.1) is 0 Å². The smallest absolute Gasteiger partial charge is 0.238 e. The predicted octanol–water partition coefficient (Wildman–Crippen LogP) is 2.70. The van der Waals surface area contributed by atoms with Crippen molar-refractivity contribution < 1.29 is 9.09 Å². The van der Waals surface area contributed by atoms with Crippen LogP contribution in [0, 0.1) is 6.92 Å². The molecule has 0 radical (unpaired) electrons. The molecule has 0 saturated heterocycles. The lowest BCUT2D eigenvalue weighted by molar-refractivity contribution is 0.506. The van der Waals surface area contributed by atoms with E-state index in [1.807, 2.05) is 13.8 Å². The van der Waals surface area contributed by atoms with Crippen molar-refractivity contribution in [2.75, 3.05) is 0 Å². The highest BCUT2D eigenvalue weighted by molar-refractivity contribution is 8.39. The van der Waals surface area contributed by atoms with Gasteiger partial charge in [0.25, 0.3) is 5.88 Å². The molecule has 0 aliphatic rings. The number of aryl methyl sites for hydroxylation is 2. The van der Waals surface area contributed by atoms with Crippen molar-refractivity contribution in [3.8, 4) is 5.88 Å². The highest BCUT2D eigenvalue weighted by Gasteiger charge is 2.14. The molecular formula is C8H12N2O2PS+. The van der Waals surface area contributed by atoms with E-state index in [1.165, 1.54) is 0 Å². The molecule has 1 rings (SSSR count). The van der Waals surface area contributed by atoms with Crippen molar-refractivity contribution in [1.29, 1.82) is 0 Å². The number of thiol groups is 1. The van der Waals surface area contributed by atoms with Gasteiger partial charge in [-0.25, -0.2) is 9.51 Å². The lowest BCUT2D eigenvalue weighted by atomic mass is 10.3. The van der Waals surface area contributed by atoms with Crippen LogP contribution in [0.4, 0.5) is 0 Å². The fourth-order valence-electron chi connectivity index (χ4n) is 1.06. The molecule has 76 valence electrons. The van der Waals surface area contributed by atoms with E-state index in [0.717, 1.165) is 18.5 Å². The normalized spacial score (nSPS) is 11.2. The highest BCUT2D eigenvalue weighted by Crippen LogP contribution is 2.29. The first kappa shape index (κ1) is 11.4. The third kappa shape index (κ3) is 3.60. The van der Waals surface area contributed by atoms with Crippen LogP contribution in [0.3, 0.4) is 0 Å². The average molecular weight is 231 g/mol. The van der Waals surface area contributed by atoms with Crippen LogP contribution in [0.5, 0.6) is 5.88 Å². The number of hydrogen-bond acceptors (Lipinski definition) is 4. The summed E-state index contributed by atoms with van der Waals surface area (Å²) in [6.07, 6.45) is 1.76. The van der Waals surface area contributed by atoms with Crippen LogP contribution in [0.1, 0.15) is 24.9 Å². The molecule has 0 N–H and O–H groups in total. The van der Waals surface area contributed by atoms with Gasteiger partial charge in [0.2, 0.25) is 0 Å². The Kier molecular flexibility index (Phi) is 4.29. The van der Waals surface area contributed by atoms with Gasteiger partial charge in [0, 0.05) is 18.2 Å². The van der Waals surface area contributed by atoms with Crippen molar-refractivity contribution in [1.82, 2.24) is 9.97 Å². The fourth-order valence-corrected chi connectivity index (χ4v) is 1.57. The lowest BCUT2D eigenvalue weighted by Crippen LogP contribution is -1.98. The Morgan fingerprint density at radius 3 is 2.86 bits per heavy atom. The standard InChI is InChI=1S/C8H11N2O2PS/c1-3-4-7-9-6(2)5-8(10-7)12-13(11)14/h5H,3-4H2,1-2H3/p+1. The van der Waals surface area contributed by atoms with E-state index in [0.29, 0.717) is 11.7 Å². The Bertz CT molecular complexity index is 346. The topological polar surface area (TPSA) is 52.1 Å². The van der Waals surface area contributed by atoms with Gasteiger partial charge in [-0.3, -0.25) is 0 Å². The van der Waals surface area contributed by atoms with E-state index in [4.69, 9.17) is 4.52 Å². The number of hydrogen-bond donors (Lipinski definition) is 1. The third-order valence-electron chi connectivity index (χ3n) is 1.52. The maximum atomic E-state index is 10.7. The van der Waals surface area contributed by atoms with Crippen LogP contribution in [0.2, 0.25) is 0 Å². The van der Waals surface area contributed by atoms with Gasteiger partial charge < -0.3 is 0 Å². The molecule has 1 heterocycles. The summed E-state index contributed by atoms with van der Waals surface area (Å²) in [6, 6.07) is 1.64. The monoisotopic (exact) mass is 231 g/mol. The molecule has 0 spiro atoms. The molecule has 0 fully saturated rings. The molecule has 1 aromatic rings. The van der Waals surface area contributed by atoms with Gasteiger partial charge >= 0.3 is 7.23 Å². The van der Waals surface area contributed by atoms with E-state index in [1.54, 1.807) is 6.07 Å². The molecule has 0 bridgehead atoms. The molecule has 0 aliphatic heterocycles. The second-order valence-corrected chi connectivity index (χ2v) is 4.48. The summed E-state index contributed by atoms with van der Waals surface area (Å²) in [7, 11) is -1.96. The zero-order valence-electron chi connectivity index (χ0n) is 8.10. The average Bonchev–Trinajstić information content (AvgIpc) is 2.01. The first-order valence-electron chi connectivity index (χ1n) is 4.30. The van der Waals surface area contributed by atoms with Crippen molar-refractivity contribution in [2.24, 2.45) is 0 Å². The first-order chi connectivity index (χ1) is 6.61. The van der Waals surface area contributed by atoms with Crippen LogP contribution >= 0.6 is 19.5 Å². The Labute approximate surface area is 89.1 Å². The molecule has 1 atom stereocenters. The quantitative estimate of drug-likeness (QED) is 0.639. The van der Waals surface area contributed by atoms with E-state index >= 15 is 0 Å². The molecule has 4 nitrogen and oxygen atoms in total. The van der Waals surface area contributed by atoms with Gasteiger partial charge in [0.1, 0.15) is 5.82 Å². The molecule has 6 heteroatoms. The minimum absolute atomic E-state index is 0.331. The zero-order valence-corrected chi connectivity index (χ0v) is 9.89. The van der Waals surface area contributed by atoms with Crippen LogP contribution in [0.15, 0.2) is 6.07 Å². The predicted molar refractivity (Wildman–Crippen MR) is 58.0 cm³/mol. The fraction of sp³-hybridized carbons (Fsp3) is 0.500. The van der Waals surface area contributed by atoms with E-state index in [-0.39, 0.29) is 0 Å². The Balaban J connectivity index is 2.88. The highest BCUT2D eigenvalue weighted by atomic mass is 32.7. The summed E-state index contributed by atoms with van der Waals surface area (Å²) in [5.41, 5.74) is 0.809. The van der Waals surface area contributed by atoms with Crippen molar-refractivity contribution in [2.45, 2.75) is 26.7 Å². The summed E-state index contributed by atoms with van der Waals surface area (Å²) in [5.74, 6) is 1.05. The Morgan fingerprint density at radius 2 is 2.29 bits per heavy atom. The van der Waals surface area contributed by atoms with Crippen LogP contribution < -0.4 is 4.52 Å². The maximum Gasteiger partial charge on any atom is 0.633 e. The largest absolute Gasteiger partial charge is 0.633 e. The minimum atomic E-state index is -1.96. The molecule has 1 unspecified atom stereocenters. The summed E-state index contributed by atoms with van der Waals surface area (Å²) < 4.78 is 15.6. The number of aromatic nitrogens is 2. The van der Waals surface area contributed by atoms with E-state index in [9.17, 15) is 4.57 Å². The number of nitrogens with zero attached hydrogens (tertiary/aromatic N) is 2. The Hall–Kier alpha value is -0.670. The molecule has 0 aliphatic carbocycles. The molecular weight excluding hydrogens is 219 g/mol. The number of rotatable bonds is 4. The Morgan fingerprint density at radius 1 is 1.57 bits per heavy atom. The van der Waals surface area contributed by atoms with Crippen molar-refractivity contribution in [3.63, 3.8) is 0 Å². The summed E-state index contributed by atoms with van der Waals surface area (Å²) >= 11 is 3.66. The third-order valence-corrected chi connectivity index (χ3v) is 2.11. The SMILES string of the molecule is CCCc1nc(C)cc(O[P+](=O)S)n1. The molecule has 0 saturated carbocycles. The summed E-state index contributed by atoms with van der Waals surface area (Å²) in [5, 5.41) is 0. The van der Waals surface area contributed by atoms with Gasteiger partial charge in [-0.1, -0.05) is 6.92 Å². The molecule has 0 amide bonds. The zero-order chi connectivity index (χ0) is 10.6. The van der Waals surface area contributed by atoms with Crippen molar-refractivity contribution in [3.05, 3.63) is 17.6 Å². The second kappa shape index (κ2) is 5.27.